The predicted molar refractivity (Wildman–Crippen MR) is 102 cm³/mol. The number of aromatic nitrogens is 1. The molecule has 0 unspecified atom stereocenters. The summed E-state index contributed by atoms with van der Waals surface area (Å²) in [5, 5.41) is 5.28. The van der Waals surface area contributed by atoms with Crippen molar-refractivity contribution in [2.24, 2.45) is 0 Å². The lowest BCUT2D eigenvalue weighted by Crippen LogP contribution is -2.17. The van der Waals surface area contributed by atoms with Crippen molar-refractivity contribution < 1.29 is 14.0 Å². The molecule has 2 N–H and O–H groups in total. The molecule has 3 aromatic rings. The van der Waals surface area contributed by atoms with Crippen LogP contribution in [0.25, 0.3) is 0 Å². The summed E-state index contributed by atoms with van der Waals surface area (Å²) in [7, 11) is 0. The highest BCUT2D eigenvalue weighted by molar-refractivity contribution is 6.08. The second kappa shape index (κ2) is 7.78. The summed E-state index contributed by atoms with van der Waals surface area (Å²) < 4.78 is 13.7. The fourth-order valence-electron chi connectivity index (χ4n) is 2.59. The highest BCUT2D eigenvalue weighted by atomic mass is 19.1. The minimum Gasteiger partial charge on any atom is -0.322 e. The standard InChI is InChI=1S/C21H18FN3O2/c1-13-7-8-18(14(2)9-13)24-20(26)15-10-16(12-23-11-15)21(27)25-19-6-4-3-5-17(19)22/h3-12H,1-2H3,(H,24,26)(H,25,27). The maximum atomic E-state index is 13.7. The molecule has 0 fully saturated rings. The van der Waals surface area contributed by atoms with Crippen molar-refractivity contribution in [3.05, 3.63) is 89.0 Å². The summed E-state index contributed by atoms with van der Waals surface area (Å²) in [4.78, 5) is 28.8. The van der Waals surface area contributed by atoms with Gasteiger partial charge in [-0.25, -0.2) is 4.39 Å². The van der Waals surface area contributed by atoms with Crippen molar-refractivity contribution in [3.63, 3.8) is 0 Å². The number of rotatable bonds is 4. The van der Waals surface area contributed by atoms with E-state index in [0.717, 1.165) is 11.1 Å². The van der Waals surface area contributed by atoms with Gasteiger partial charge in [0.2, 0.25) is 0 Å². The van der Waals surface area contributed by atoms with Crippen molar-refractivity contribution >= 4 is 23.2 Å². The van der Waals surface area contributed by atoms with Crippen LogP contribution >= 0.6 is 0 Å². The second-order valence-electron chi connectivity index (χ2n) is 6.17. The zero-order valence-electron chi connectivity index (χ0n) is 14.9. The molecule has 1 heterocycles. The number of anilines is 2. The Hall–Kier alpha value is -3.54. The number of hydrogen-bond donors (Lipinski definition) is 2. The number of nitrogens with one attached hydrogen (secondary N) is 2. The van der Waals surface area contributed by atoms with Crippen LogP contribution in [0.3, 0.4) is 0 Å². The van der Waals surface area contributed by atoms with E-state index < -0.39 is 11.7 Å². The van der Waals surface area contributed by atoms with Crippen LogP contribution in [-0.2, 0) is 0 Å². The molecule has 6 heteroatoms. The van der Waals surface area contributed by atoms with Crippen molar-refractivity contribution in [1.29, 1.82) is 0 Å². The molecule has 1 aromatic heterocycles. The number of benzene rings is 2. The van der Waals surface area contributed by atoms with Gasteiger partial charge < -0.3 is 10.6 Å². The number of amides is 2. The molecule has 2 amide bonds. The van der Waals surface area contributed by atoms with Gasteiger partial charge in [-0.2, -0.15) is 0 Å². The van der Waals surface area contributed by atoms with Gasteiger partial charge in [0, 0.05) is 18.1 Å². The Kier molecular flexibility index (Phi) is 5.26. The van der Waals surface area contributed by atoms with E-state index in [9.17, 15) is 14.0 Å². The molecule has 0 saturated heterocycles. The van der Waals surface area contributed by atoms with E-state index in [0.29, 0.717) is 5.69 Å². The normalized spacial score (nSPS) is 10.3. The molecule has 0 spiro atoms. The summed E-state index contributed by atoms with van der Waals surface area (Å²) >= 11 is 0. The van der Waals surface area contributed by atoms with Gasteiger partial charge in [-0.05, 0) is 43.7 Å². The van der Waals surface area contributed by atoms with Crippen molar-refractivity contribution in [1.82, 2.24) is 4.98 Å². The predicted octanol–water partition coefficient (Wildman–Crippen LogP) is 4.34. The van der Waals surface area contributed by atoms with Gasteiger partial charge in [-0.3, -0.25) is 14.6 Å². The molecule has 0 bridgehead atoms. The molecule has 3 rings (SSSR count). The van der Waals surface area contributed by atoms with Crippen LogP contribution in [0, 0.1) is 19.7 Å². The number of aryl methyl sites for hydroxylation is 2. The third kappa shape index (κ3) is 4.36. The largest absolute Gasteiger partial charge is 0.322 e. The topological polar surface area (TPSA) is 71.1 Å². The fourth-order valence-corrected chi connectivity index (χ4v) is 2.59. The molecule has 0 radical (unpaired) electrons. The van der Waals surface area contributed by atoms with E-state index in [4.69, 9.17) is 0 Å². The Morgan fingerprint density at radius 2 is 1.48 bits per heavy atom. The van der Waals surface area contributed by atoms with Crippen LogP contribution < -0.4 is 10.6 Å². The molecule has 2 aromatic carbocycles. The number of para-hydroxylation sites is 1. The summed E-state index contributed by atoms with van der Waals surface area (Å²) in [5.74, 6) is -1.47. The number of carbonyl (C=O) groups is 2. The van der Waals surface area contributed by atoms with E-state index in [1.54, 1.807) is 6.07 Å². The lowest BCUT2D eigenvalue weighted by atomic mass is 10.1. The zero-order valence-corrected chi connectivity index (χ0v) is 14.9. The Morgan fingerprint density at radius 1 is 0.852 bits per heavy atom. The zero-order chi connectivity index (χ0) is 19.4. The first-order valence-corrected chi connectivity index (χ1v) is 8.33. The number of pyridine rings is 1. The maximum absolute atomic E-state index is 13.7. The Bertz CT molecular complexity index is 1020. The molecular formula is C21H18FN3O2. The van der Waals surface area contributed by atoms with Gasteiger partial charge in [0.25, 0.3) is 11.8 Å². The minimum absolute atomic E-state index is 0.0626. The van der Waals surface area contributed by atoms with Crippen LogP contribution in [0.5, 0.6) is 0 Å². The average Bonchev–Trinajstić information content (AvgIpc) is 2.66. The van der Waals surface area contributed by atoms with Crippen LogP contribution in [0.2, 0.25) is 0 Å². The van der Waals surface area contributed by atoms with Gasteiger partial charge in [-0.1, -0.05) is 29.8 Å². The van der Waals surface area contributed by atoms with E-state index in [1.165, 1.54) is 36.7 Å². The second-order valence-corrected chi connectivity index (χ2v) is 6.17. The highest BCUT2D eigenvalue weighted by Gasteiger charge is 2.14. The molecule has 136 valence electrons. The number of halogens is 1. The first-order chi connectivity index (χ1) is 12.9. The Morgan fingerprint density at radius 3 is 2.11 bits per heavy atom. The van der Waals surface area contributed by atoms with Crippen molar-refractivity contribution in [3.8, 4) is 0 Å². The van der Waals surface area contributed by atoms with Crippen molar-refractivity contribution in [2.45, 2.75) is 13.8 Å². The molecular weight excluding hydrogens is 345 g/mol. The van der Waals surface area contributed by atoms with Crippen LogP contribution in [0.1, 0.15) is 31.8 Å². The van der Waals surface area contributed by atoms with Crippen LogP contribution in [0.15, 0.2) is 60.9 Å². The van der Waals surface area contributed by atoms with E-state index in [1.807, 2.05) is 32.0 Å². The Balaban J connectivity index is 1.77. The molecule has 0 atom stereocenters. The number of nitrogens with zero attached hydrogens (tertiary/aromatic N) is 1. The third-order valence-electron chi connectivity index (χ3n) is 4.01. The molecule has 0 aliphatic heterocycles. The third-order valence-corrected chi connectivity index (χ3v) is 4.01. The number of carbonyl (C=O) groups excluding carboxylic acids is 2. The average molecular weight is 363 g/mol. The minimum atomic E-state index is -0.547. The molecule has 0 aliphatic carbocycles. The molecule has 27 heavy (non-hydrogen) atoms. The summed E-state index contributed by atoms with van der Waals surface area (Å²) in [6, 6.07) is 13.0. The smallest absolute Gasteiger partial charge is 0.257 e. The molecule has 0 saturated carbocycles. The van der Waals surface area contributed by atoms with Gasteiger partial charge in [0.15, 0.2) is 0 Å². The quantitative estimate of drug-likeness (QED) is 0.724. The fraction of sp³-hybridized carbons (Fsp3) is 0.0952. The summed E-state index contributed by atoms with van der Waals surface area (Å²) in [6.07, 6.45) is 2.70. The lowest BCUT2D eigenvalue weighted by molar-refractivity contribution is 0.102. The summed E-state index contributed by atoms with van der Waals surface area (Å²) in [6.45, 7) is 3.87. The first-order valence-electron chi connectivity index (χ1n) is 8.33. The summed E-state index contributed by atoms with van der Waals surface area (Å²) in [5.41, 5.74) is 3.17. The van der Waals surface area contributed by atoms with Gasteiger partial charge >= 0.3 is 0 Å². The lowest BCUT2D eigenvalue weighted by Gasteiger charge is -2.10. The van der Waals surface area contributed by atoms with E-state index >= 15 is 0 Å². The van der Waals surface area contributed by atoms with Crippen LogP contribution in [0.4, 0.5) is 15.8 Å². The van der Waals surface area contributed by atoms with Gasteiger partial charge in [0.05, 0.1) is 16.8 Å². The van der Waals surface area contributed by atoms with Gasteiger partial charge in [-0.15, -0.1) is 0 Å². The SMILES string of the molecule is Cc1ccc(NC(=O)c2cncc(C(=O)Nc3ccccc3F)c2)c(C)c1. The highest BCUT2D eigenvalue weighted by Crippen LogP contribution is 2.18. The molecule has 5 nitrogen and oxygen atoms in total. The van der Waals surface area contributed by atoms with Crippen LogP contribution in [-0.4, -0.2) is 16.8 Å². The first kappa shape index (κ1) is 18.3. The van der Waals surface area contributed by atoms with E-state index in [-0.39, 0.29) is 22.7 Å². The maximum Gasteiger partial charge on any atom is 0.257 e. The number of hydrogen-bond acceptors (Lipinski definition) is 3. The monoisotopic (exact) mass is 363 g/mol. The van der Waals surface area contributed by atoms with E-state index in [2.05, 4.69) is 15.6 Å². The Labute approximate surface area is 156 Å². The van der Waals surface area contributed by atoms with Gasteiger partial charge in [0.1, 0.15) is 5.82 Å². The molecule has 0 aliphatic rings. The van der Waals surface area contributed by atoms with Crippen molar-refractivity contribution in [2.75, 3.05) is 10.6 Å².